The van der Waals surface area contributed by atoms with Crippen molar-refractivity contribution in [1.29, 1.82) is 0 Å². The topological polar surface area (TPSA) is 110 Å². The zero-order valence-corrected chi connectivity index (χ0v) is 10.8. The highest BCUT2D eigenvalue weighted by atomic mass is 32.2. The van der Waals surface area contributed by atoms with E-state index in [4.69, 9.17) is 10.5 Å². The van der Waals surface area contributed by atoms with Gasteiger partial charge in [-0.2, -0.15) is 5.10 Å². The lowest BCUT2D eigenvalue weighted by Gasteiger charge is -2.08. The summed E-state index contributed by atoms with van der Waals surface area (Å²) < 4.78 is 30.7. The fourth-order valence-electron chi connectivity index (χ4n) is 1.12. The number of hydrogen-bond donors (Lipinski definition) is 3. The first-order valence-electron chi connectivity index (χ1n) is 5.27. The Labute approximate surface area is 101 Å². The number of aromatic amines is 1. The average molecular weight is 262 g/mol. The second-order valence-electron chi connectivity index (χ2n) is 3.87. The van der Waals surface area contributed by atoms with Crippen molar-refractivity contribution in [2.24, 2.45) is 0 Å². The third-order valence-corrected chi connectivity index (χ3v) is 3.33. The molecule has 1 aromatic rings. The number of ether oxygens (including phenoxy) is 1. The molecule has 0 saturated heterocycles. The Kier molecular flexibility index (Phi) is 4.91. The molecule has 0 aliphatic carbocycles. The number of nitrogen functional groups attached to an aromatic ring is 1. The molecule has 0 spiro atoms. The van der Waals surface area contributed by atoms with Crippen LogP contribution < -0.4 is 10.5 Å². The van der Waals surface area contributed by atoms with Crippen molar-refractivity contribution >= 4 is 15.8 Å². The fourth-order valence-corrected chi connectivity index (χ4v) is 1.95. The number of anilines is 1. The zero-order chi connectivity index (χ0) is 12.9. The normalized spacial score (nSPS) is 12.2. The highest BCUT2D eigenvalue weighted by molar-refractivity contribution is 7.89. The largest absolute Gasteiger partial charge is 0.384 e. The molecule has 0 radical (unpaired) electrons. The molecule has 1 heterocycles. The van der Waals surface area contributed by atoms with Crippen LogP contribution in [0.4, 0.5) is 5.82 Å². The molecule has 98 valence electrons. The number of H-pyrrole nitrogens is 1. The first kappa shape index (κ1) is 13.9. The van der Waals surface area contributed by atoms with Crippen LogP contribution >= 0.6 is 0 Å². The second kappa shape index (κ2) is 5.99. The molecule has 17 heavy (non-hydrogen) atoms. The second-order valence-corrected chi connectivity index (χ2v) is 5.79. The minimum atomic E-state index is -3.34. The minimum Gasteiger partial charge on any atom is -0.384 e. The molecule has 0 saturated carbocycles. The summed E-state index contributed by atoms with van der Waals surface area (Å²) in [7, 11) is -3.34. The van der Waals surface area contributed by atoms with Crippen molar-refractivity contribution < 1.29 is 13.2 Å². The van der Waals surface area contributed by atoms with Crippen molar-refractivity contribution in [3.8, 4) is 0 Å². The molecule has 0 amide bonds. The average Bonchev–Trinajstić information content (AvgIpc) is 2.60. The Morgan fingerprint density at radius 1 is 1.59 bits per heavy atom. The van der Waals surface area contributed by atoms with Crippen LogP contribution in [-0.2, 0) is 21.3 Å². The van der Waals surface area contributed by atoms with Crippen LogP contribution in [0.2, 0.25) is 0 Å². The predicted octanol–water partition coefficient (Wildman–Crippen LogP) is -0.164. The Bertz CT molecular complexity index is 441. The van der Waals surface area contributed by atoms with Crippen molar-refractivity contribution in [1.82, 2.24) is 14.9 Å². The molecule has 0 aliphatic rings. The summed E-state index contributed by atoms with van der Waals surface area (Å²) in [5.74, 6) is 0.300. The van der Waals surface area contributed by atoms with E-state index in [9.17, 15) is 8.42 Å². The molecule has 4 N–H and O–H groups in total. The number of nitrogens with zero attached hydrogens (tertiary/aromatic N) is 1. The Balaban J connectivity index is 2.37. The van der Waals surface area contributed by atoms with E-state index in [-0.39, 0.29) is 25.0 Å². The van der Waals surface area contributed by atoms with Crippen LogP contribution in [0.3, 0.4) is 0 Å². The maximum atomic E-state index is 11.6. The molecule has 1 aromatic heterocycles. The Morgan fingerprint density at radius 2 is 2.29 bits per heavy atom. The maximum absolute atomic E-state index is 11.6. The van der Waals surface area contributed by atoms with Gasteiger partial charge in [0.2, 0.25) is 10.0 Å². The van der Waals surface area contributed by atoms with Gasteiger partial charge in [-0.15, -0.1) is 0 Å². The van der Waals surface area contributed by atoms with Crippen molar-refractivity contribution in [3.63, 3.8) is 0 Å². The van der Waals surface area contributed by atoms with E-state index < -0.39 is 10.0 Å². The van der Waals surface area contributed by atoms with Gasteiger partial charge in [0.1, 0.15) is 5.82 Å². The number of nitrogens with two attached hydrogens (primary N) is 1. The number of sulfonamides is 1. The summed E-state index contributed by atoms with van der Waals surface area (Å²) in [4.78, 5) is 0. The quantitative estimate of drug-likeness (QED) is 0.632. The van der Waals surface area contributed by atoms with Crippen molar-refractivity contribution in [3.05, 3.63) is 11.8 Å². The molecule has 0 unspecified atom stereocenters. The highest BCUT2D eigenvalue weighted by Crippen LogP contribution is 2.05. The van der Waals surface area contributed by atoms with Crippen LogP contribution in [0.1, 0.15) is 19.4 Å². The van der Waals surface area contributed by atoms with Crippen molar-refractivity contribution in [2.75, 3.05) is 18.1 Å². The summed E-state index contributed by atoms with van der Waals surface area (Å²) in [5, 5.41) is 6.23. The van der Waals surface area contributed by atoms with E-state index in [0.717, 1.165) is 0 Å². The molecule has 7 nitrogen and oxygen atoms in total. The third-order valence-electron chi connectivity index (χ3n) is 2.04. The molecule has 0 aliphatic heterocycles. The molecular formula is C9H18N4O3S. The number of rotatable bonds is 7. The van der Waals surface area contributed by atoms with E-state index in [1.54, 1.807) is 0 Å². The van der Waals surface area contributed by atoms with E-state index >= 15 is 0 Å². The Hall–Kier alpha value is -1.12. The van der Waals surface area contributed by atoms with Gasteiger partial charge in [0.05, 0.1) is 24.7 Å². The lowest BCUT2D eigenvalue weighted by atomic mass is 10.3. The highest BCUT2D eigenvalue weighted by Gasteiger charge is 2.11. The van der Waals surface area contributed by atoms with Gasteiger partial charge < -0.3 is 10.5 Å². The third kappa shape index (κ3) is 5.16. The lowest BCUT2D eigenvalue weighted by molar-refractivity contribution is 0.0911. The van der Waals surface area contributed by atoms with Crippen LogP contribution in [-0.4, -0.2) is 37.1 Å². The monoisotopic (exact) mass is 262 g/mol. The van der Waals surface area contributed by atoms with Crippen LogP contribution in [0.25, 0.3) is 0 Å². The van der Waals surface area contributed by atoms with Gasteiger partial charge in [0.25, 0.3) is 0 Å². The summed E-state index contributed by atoms with van der Waals surface area (Å²) in [6.45, 7) is 4.01. The van der Waals surface area contributed by atoms with Gasteiger partial charge in [-0.05, 0) is 13.8 Å². The van der Waals surface area contributed by atoms with Gasteiger partial charge in [0, 0.05) is 12.1 Å². The van der Waals surface area contributed by atoms with E-state index in [2.05, 4.69) is 14.9 Å². The smallest absolute Gasteiger partial charge is 0.214 e. The van der Waals surface area contributed by atoms with Gasteiger partial charge >= 0.3 is 0 Å². The number of hydrogen-bond acceptors (Lipinski definition) is 5. The van der Waals surface area contributed by atoms with Gasteiger partial charge in [0.15, 0.2) is 0 Å². The fraction of sp³-hybridized carbons (Fsp3) is 0.667. The summed E-state index contributed by atoms with van der Waals surface area (Å²) in [6, 6.07) is 0. The first-order chi connectivity index (χ1) is 7.91. The van der Waals surface area contributed by atoms with Crippen LogP contribution in [0.15, 0.2) is 6.20 Å². The van der Waals surface area contributed by atoms with Gasteiger partial charge in [-0.25, -0.2) is 13.1 Å². The molecule has 0 atom stereocenters. The minimum absolute atomic E-state index is 0.0229. The van der Waals surface area contributed by atoms with Gasteiger partial charge in [-0.1, -0.05) is 0 Å². The zero-order valence-electron chi connectivity index (χ0n) is 9.93. The lowest BCUT2D eigenvalue weighted by Crippen LogP contribution is -2.28. The Morgan fingerprint density at radius 3 is 2.82 bits per heavy atom. The molecule has 0 fully saturated rings. The standard InChI is InChI=1S/C9H18N4O3S/c1-7(2)16-3-4-17(14,15)12-6-8-5-11-13-9(8)10/h5,7,12H,3-4,6H2,1-2H3,(H3,10,11,13). The summed E-state index contributed by atoms with van der Waals surface area (Å²) in [5.41, 5.74) is 6.16. The maximum Gasteiger partial charge on any atom is 0.214 e. The van der Waals surface area contributed by atoms with Crippen LogP contribution in [0.5, 0.6) is 0 Å². The SMILES string of the molecule is CC(C)OCCS(=O)(=O)NCc1cn[nH]c1N. The van der Waals surface area contributed by atoms with Gasteiger partial charge in [-0.3, -0.25) is 5.10 Å². The number of aromatic nitrogens is 2. The predicted molar refractivity (Wildman–Crippen MR) is 64.7 cm³/mol. The first-order valence-corrected chi connectivity index (χ1v) is 6.92. The van der Waals surface area contributed by atoms with E-state index in [1.165, 1.54) is 6.20 Å². The molecule has 1 rings (SSSR count). The van der Waals surface area contributed by atoms with Crippen molar-refractivity contribution in [2.45, 2.75) is 26.5 Å². The summed E-state index contributed by atoms with van der Waals surface area (Å²) in [6.07, 6.45) is 1.51. The summed E-state index contributed by atoms with van der Waals surface area (Å²) >= 11 is 0. The molecule has 8 heteroatoms. The van der Waals surface area contributed by atoms with E-state index in [0.29, 0.717) is 11.4 Å². The molecule has 0 aromatic carbocycles. The van der Waals surface area contributed by atoms with E-state index in [1.807, 2.05) is 13.8 Å². The molecule has 0 bridgehead atoms. The molecular weight excluding hydrogens is 244 g/mol. The van der Waals surface area contributed by atoms with Crippen LogP contribution in [0, 0.1) is 0 Å². The number of nitrogens with one attached hydrogen (secondary N) is 2.